The second-order valence-electron chi connectivity index (χ2n) is 7.82. The molecule has 10 nitrogen and oxygen atoms in total. The molecule has 0 saturated carbocycles. The van der Waals surface area contributed by atoms with E-state index in [4.69, 9.17) is 14.6 Å². The first kappa shape index (κ1) is 25.3. The number of nitrogens with one attached hydrogen (secondary N) is 3. The summed E-state index contributed by atoms with van der Waals surface area (Å²) >= 11 is 0. The minimum atomic E-state index is -1.16. The molecule has 1 atom stereocenters. The number of anilines is 2. The zero-order valence-corrected chi connectivity index (χ0v) is 19.9. The van der Waals surface area contributed by atoms with E-state index in [0.29, 0.717) is 35.4 Å². The van der Waals surface area contributed by atoms with Crippen LogP contribution in [-0.2, 0) is 11.2 Å². The maximum atomic E-state index is 12.2. The number of benzene rings is 2. The first-order valence-corrected chi connectivity index (χ1v) is 11.1. The molecule has 3 rings (SSSR count). The lowest BCUT2D eigenvalue weighted by atomic mass is 10.1. The Bertz CT molecular complexity index is 1170. The van der Waals surface area contributed by atoms with Gasteiger partial charge in [-0.05, 0) is 49.2 Å². The molecule has 0 radical (unpaired) electrons. The van der Waals surface area contributed by atoms with E-state index in [1.165, 1.54) is 0 Å². The van der Waals surface area contributed by atoms with Crippen LogP contribution in [0.2, 0.25) is 0 Å². The van der Waals surface area contributed by atoms with Crippen molar-refractivity contribution in [2.75, 3.05) is 31.4 Å². The fourth-order valence-electron chi connectivity index (χ4n) is 3.47. The van der Waals surface area contributed by atoms with Gasteiger partial charge in [-0.3, -0.25) is 4.79 Å². The Labute approximate surface area is 203 Å². The largest absolute Gasteiger partial charge is 0.493 e. The zero-order chi connectivity index (χ0) is 25.2. The number of rotatable bonds is 11. The third-order valence-corrected chi connectivity index (χ3v) is 5.10. The molecule has 184 valence electrons. The lowest BCUT2D eigenvalue weighted by molar-refractivity contribution is -0.116. The summed E-state index contributed by atoms with van der Waals surface area (Å²) in [6.07, 6.45) is 1.28. The van der Waals surface area contributed by atoms with Gasteiger partial charge in [-0.2, -0.15) is 0 Å². The van der Waals surface area contributed by atoms with Gasteiger partial charge in [0.2, 0.25) is 11.9 Å². The molecule has 1 unspecified atom stereocenters. The van der Waals surface area contributed by atoms with Gasteiger partial charge in [0, 0.05) is 36.5 Å². The van der Waals surface area contributed by atoms with Crippen molar-refractivity contribution in [2.24, 2.45) is 0 Å². The van der Waals surface area contributed by atoms with Gasteiger partial charge in [0.05, 0.1) is 19.9 Å². The predicted molar refractivity (Wildman–Crippen MR) is 133 cm³/mol. The highest BCUT2D eigenvalue weighted by Crippen LogP contribution is 2.27. The van der Waals surface area contributed by atoms with E-state index >= 15 is 0 Å². The van der Waals surface area contributed by atoms with Crippen molar-refractivity contribution in [2.45, 2.75) is 25.8 Å². The first-order valence-electron chi connectivity index (χ1n) is 11.1. The molecule has 0 saturated heterocycles. The fraction of sp³-hybridized carbons (Fsp3) is 0.280. The summed E-state index contributed by atoms with van der Waals surface area (Å²) < 4.78 is 10.6. The number of nitrogens with zero attached hydrogens (tertiary/aromatic N) is 2. The molecule has 0 spiro atoms. The van der Waals surface area contributed by atoms with E-state index in [-0.39, 0.29) is 12.3 Å². The lowest BCUT2D eigenvalue weighted by Crippen LogP contribution is -2.34. The van der Waals surface area contributed by atoms with Crippen LogP contribution in [0, 0.1) is 0 Å². The van der Waals surface area contributed by atoms with E-state index in [2.05, 4.69) is 25.9 Å². The molecule has 0 fully saturated rings. The number of amides is 2. The summed E-state index contributed by atoms with van der Waals surface area (Å²) in [5.41, 5.74) is 3.19. The van der Waals surface area contributed by atoms with Gasteiger partial charge >= 0.3 is 6.09 Å². The number of carbonyl (C=O) groups excluding carboxylic acids is 1. The summed E-state index contributed by atoms with van der Waals surface area (Å²) in [6, 6.07) is 14.4. The minimum Gasteiger partial charge on any atom is -0.493 e. The Morgan fingerprint density at radius 2 is 1.86 bits per heavy atom. The van der Waals surface area contributed by atoms with Crippen LogP contribution in [0.3, 0.4) is 0 Å². The van der Waals surface area contributed by atoms with Crippen molar-refractivity contribution >= 4 is 23.6 Å². The van der Waals surface area contributed by atoms with Gasteiger partial charge in [0.25, 0.3) is 0 Å². The highest BCUT2D eigenvalue weighted by Gasteiger charge is 2.12. The van der Waals surface area contributed by atoms with E-state index in [9.17, 15) is 9.59 Å². The van der Waals surface area contributed by atoms with Crippen molar-refractivity contribution in [1.82, 2.24) is 15.3 Å². The number of carboxylic acid groups (broad SMARTS) is 1. The van der Waals surface area contributed by atoms with Gasteiger partial charge in [0.1, 0.15) is 0 Å². The Morgan fingerprint density at radius 3 is 2.60 bits per heavy atom. The molecule has 10 heteroatoms. The first-order chi connectivity index (χ1) is 16.9. The molecule has 2 amide bonds. The molecule has 0 bridgehead atoms. The van der Waals surface area contributed by atoms with E-state index in [0.717, 1.165) is 17.5 Å². The molecule has 3 aromatic rings. The van der Waals surface area contributed by atoms with Gasteiger partial charge in [-0.1, -0.05) is 18.2 Å². The van der Waals surface area contributed by atoms with Crippen LogP contribution in [0.15, 0.2) is 54.7 Å². The van der Waals surface area contributed by atoms with Crippen LogP contribution < -0.4 is 25.4 Å². The lowest BCUT2D eigenvalue weighted by Gasteiger charge is -2.12. The van der Waals surface area contributed by atoms with E-state index < -0.39 is 12.1 Å². The molecule has 4 N–H and O–H groups in total. The van der Waals surface area contributed by atoms with Gasteiger partial charge < -0.3 is 30.5 Å². The average molecular weight is 480 g/mol. The number of hydrogen-bond acceptors (Lipinski definition) is 7. The van der Waals surface area contributed by atoms with E-state index in [1.54, 1.807) is 39.5 Å². The van der Waals surface area contributed by atoms with Crippen LogP contribution >= 0.6 is 0 Å². The van der Waals surface area contributed by atoms with Crippen LogP contribution in [0.5, 0.6) is 11.5 Å². The molecule has 1 aromatic heterocycles. The number of aromatic nitrogens is 2. The Hall–Kier alpha value is -4.34. The predicted octanol–water partition coefficient (Wildman–Crippen LogP) is 3.80. The maximum Gasteiger partial charge on any atom is 0.404 e. The Balaban J connectivity index is 1.60. The molecule has 2 aromatic carbocycles. The smallest absolute Gasteiger partial charge is 0.404 e. The number of methoxy groups -OCH3 is 2. The topological polar surface area (TPSA) is 135 Å². The second-order valence-corrected chi connectivity index (χ2v) is 7.82. The standard InChI is InChI=1S/C25H29N5O5/c1-16(28-25(32)33)13-23(31)29-19-6-4-5-18(15-19)20-10-12-27-24(30-20)26-11-9-17-7-8-21(34-2)22(14-17)35-3/h4-8,10,12,14-16,28H,9,11,13H2,1-3H3,(H,29,31)(H,32,33)(H,26,27,30). The molecule has 0 aliphatic rings. The van der Waals surface area contributed by atoms with Crippen LogP contribution in [0.4, 0.5) is 16.4 Å². The number of ether oxygens (including phenoxy) is 2. The molecular formula is C25H29N5O5. The van der Waals surface area contributed by atoms with Crippen molar-refractivity contribution in [3.8, 4) is 22.8 Å². The summed E-state index contributed by atoms with van der Waals surface area (Å²) in [6.45, 7) is 2.25. The number of hydrogen-bond donors (Lipinski definition) is 4. The fourth-order valence-corrected chi connectivity index (χ4v) is 3.47. The monoisotopic (exact) mass is 479 g/mol. The van der Waals surface area contributed by atoms with Crippen molar-refractivity contribution in [3.05, 3.63) is 60.3 Å². The van der Waals surface area contributed by atoms with Crippen LogP contribution in [0.1, 0.15) is 18.9 Å². The summed E-state index contributed by atoms with van der Waals surface area (Å²) in [7, 11) is 3.21. The van der Waals surface area contributed by atoms with Gasteiger partial charge in [-0.25, -0.2) is 14.8 Å². The molecular weight excluding hydrogens is 450 g/mol. The third-order valence-electron chi connectivity index (χ3n) is 5.10. The highest BCUT2D eigenvalue weighted by molar-refractivity contribution is 5.92. The zero-order valence-electron chi connectivity index (χ0n) is 19.9. The highest BCUT2D eigenvalue weighted by atomic mass is 16.5. The van der Waals surface area contributed by atoms with Crippen LogP contribution in [-0.4, -0.2) is 53.9 Å². The van der Waals surface area contributed by atoms with Crippen molar-refractivity contribution in [1.29, 1.82) is 0 Å². The molecule has 0 aliphatic carbocycles. The summed E-state index contributed by atoms with van der Waals surface area (Å²) in [5.74, 6) is 1.57. The van der Waals surface area contributed by atoms with Crippen molar-refractivity contribution < 1.29 is 24.2 Å². The quantitative estimate of drug-likeness (QED) is 0.326. The second kappa shape index (κ2) is 12.2. The van der Waals surface area contributed by atoms with Gasteiger partial charge in [0.15, 0.2) is 11.5 Å². The number of carbonyl (C=O) groups is 2. The van der Waals surface area contributed by atoms with Crippen molar-refractivity contribution in [3.63, 3.8) is 0 Å². The summed E-state index contributed by atoms with van der Waals surface area (Å²) in [5, 5.41) is 17.0. The van der Waals surface area contributed by atoms with Gasteiger partial charge in [-0.15, -0.1) is 0 Å². The summed E-state index contributed by atoms with van der Waals surface area (Å²) in [4.78, 5) is 31.8. The Morgan fingerprint density at radius 1 is 1.06 bits per heavy atom. The molecule has 0 aliphatic heterocycles. The SMILES string of the molecule is COc1ccc(CCNc2nccc(-c3cccc(NC(=O)CC(C)NC(=O)O)c3)n2)cc1OC. The Kier molecular flexibility index (Phi) is 8.82. The molecule has 35 heavy (non-hydrogen) atoms. The maximum absolute atomic E-state index is 12.2. The molecule has 1 heterocycles. The van der Waals surface area contributed by atoms with Crippen LogP contribution in [0.25, 0.3) is 11.3 Å². The third kappa shape index (κ3) is 7.60. The normalized spacial score (nSPS) is 11.3. The minimum absolute atomic E-state index is 0.0260. The average Bonchev–Trinajstić information content (AvgIpc) is 2.83. The van der Waals surface area contributed by atoms with E-state index in [1.807, 2.05) is 36.4 Å².